The first-order valence-electron chi connectivity index (χ1n) is 6.86. The maximum atomic E-state index is 12.3. The summed E-state index contributed by atoms with van der Waals surface area (Å²) in [5.41, 5.74) is 7.17. The second-order valence-corrected chi connectivity index (χ2v) is 5.41. The van der Waals surface area contributed by atoms with Crippen molar-refractivity contribution in [3.8, 4) is 0 Å². The lowest BCUT2D eigenvalue weighted by atomic mass is 10.0. The largest absolute Gasteiger partial charge is 0.338 e. The average molecular weight is 261 g/mol. The average Bonchev–Trinajstić information content (AvgIpc) is 2.42. The third kappa shape index (κ3) is 3.55. The van der Waals surface area contributed by atoms with Crippen LogP contribution in [0.2, 0.25) is 0 Å². The first-order valence-corrected chi connectivity index (χ1v) is 6.86. The van der Waals surface area contributed by atoms with Crippen LogP contribution in [-0.2, 0) is 11.2 Å². The highest BCUT2D eigenvalue weighted by Gasteiger charge is 2.27. The lowest BCUT2D eigenvalue weighted by Gasteiger charge is -2.38. The van der Waals surface area contributed by atoms with Crippen LogP contribution < -0.4 is 5.73 Å². The maximum Gasteiger partial charge on any atom is 0.239 e. The molecule has 1 aromatic carbocycles. The van der Waals surface area contributed by atoms with E-state index in [1.165, 1.54) is 0 Å². The van der Waals surface area contributed by atoms with E-state index in [1.807, 2.05) is 35.2 Å². The summed E-state index contributed by atoms with van der Waals surface area (Å²) in [7, 11) is 2.09. The van der Waals surface area contributed by atoms with E-state index in [4.69, 9.17) is 5.73 Å². The molecule has 1 aromatic rings. The molecule has 1 saturated heterocycles. The zero-order valence-corrected chi connectivity index (χ0v) is 11.7. The second-order valence-electron chi connectivity index (χ2n) is 5.41. The highest BCUT2D eigenvalue weighted by Crippen LogP contribution is 2.10. The molecule has 1 aliphatic rings. The van der Waals surface area contributed by atoms with Gasteiger partial charge in [0.25, 0.3) is 0 Å². The molecule has 104 valence electrons. The molecule has 4 heteroatoms. The fourth-order valence-corrected chi connectivity index (χ4v) is 2.44. The summed E-state index contributed by atoms with van der Waals surface area (Å²) in [6.07, 6.45) is 0.612. The van der Waals surface area contributed by atoms with Crippen LogP contribution in [0, 0.1) is 0 Å². The van der Waals surface area contributed by atoms with E-state index in [0.29, 0.717) is 12.5 Å². The fraction of sp³-hybridized carbons (Fsp3) is 0.533. The lowest BCUT2D eigenvalue weighted by Crippen LogP contribution is -2.56. The highest BCUT2D eigenvalue weighted by atomic mass is 16.2. The van der Waals surface area contributed by atoms with Gasteiger partial charge in [-0.25, -0.2) is 0 Å². The molecule has 1 heterocycles. The number of nitrogens with zero attached hydrogens (tertiary/aromatic N) is 2. The minimum atomic E-state index is -0.432. The van der Waals surface area contributed by atoms with E-state index in [0.717, 1.165) is 25.2 Å². The number of rotatable bonds is 3. The SMILES string of the molecule is CC1CN(C(=O)[C@H](N)Cc2ccccc2)CCN1C. The van der Waals surface area contributed by atoms with Gasteiger partial charge < -0.3 is 15.5 Å². The van der Waals surface area contributed by atoms with E-state index in [1.54, 1.807) is 0 Å². The zero-order valence-electron chi connectivity index (χ0n) is 11.7. The lowest BCUT2D eigenvalue weighted by molar-refractivity contribution is -0.135. The van der Waals surface area contributed by atoms with Gasteiger partial charge in [-0.15, -0.1) is 0 Å². The van der Waals surface area contributed by atoms with E-state index in [2.05, 4.69) is 18.9 Å². The topological polar surface area (TPSA) is 49.6 Å². The number of carbonyl (C=O) groups excluding carboxylic acids is 1. The normalized spacial score (nSPS) is 22.3. The van der Waals surface area contributed by atoms with Crippen LogP contribution in [0.4, 0.5) is 0 Å². The van der Waals surface area contributed by atoms with Gasteiger partial charge in [-0.3, -0.25) is 4.79 Å². The Labute approximate surface area is 115 Å². The Morgan fingerprint density at radius 1 is 1.37 bits per heavy atom. The number of hydrogen-bond acceptors (Lipinski definition) is 3. The van der Waals surface area contributed by atoms with Crippen molar-refractivity contribution in [2.45, 2.75) is 25.4 Å². The van der Waals surface area contributed by atoms with E-state index in [-0.39, 0.29) is 5.91 Å². The van der Waals surface area contributed by atoms with Crippen LogP contribution in [0.25, 0.3) is 0 Å². The predicted octanol–water partition coefficient (Wildman–Crippen LogP) is 0.719. The number of piperazine rings is 1. The molecule has 0 aliphatic carbocycles. The van der Waals surface area contributed by atoms with Gasteiger partial charge in [0.05, 0.1) is 6.04 Å². The van der Waals surface area contributed by atoms with Crippen LogP contribution in [0.3, 0.4) is 0 Å². The highest BCUT2D eigenvalue weighted by molar-refractivity contribution is 5.82. The number of nitrogens with two attached hydrogens (primary N) is 1. The van der Waals surface area contributed by atoms with Crippen molar-refractivity contribution in [1.82, 2.24) is 9.80 Å². The first kappa shape index (κ1) is 14.0. The van der Waals surface area contributed by atoms with Gasteiger partial charge >= 0.3 is 0 Å². The number of amides is 1. The molecule has 0 radical (unpaired) electrons. The van der Waals surface area contributed by atoms with Crippen molar-refractivity contribution >= 4 is 5.91 Å². The summed E-state index contributed by atoms with van der Waals surface area (Å²) in [5, 5.41) is 0. The van der Waals surface area contributed by atoms with Gasteiger partial charge in [0, 0.05) is 25.7 Å². The Hall–Kier alpha value is -1.39. The van der Waals surface area contributed by atoms with E-state index >= 15 is 0 Å². The van der Waals surface area contributed by atoms with Crippen molar-refractivity contribution in [2.24, 2.45) is 5.73 Å². The minimum Gasteiger partial charge on any atom is -0.338 e. The Bertz CT molecular complexity index is 421. The number of benzene rings is 1. The maximum absolute atomic E-state index is 12.3. The van der Waals surface area contributed by atoms with Crippen LogP contribution in [0.15, 0.2) is 30.3 Å². The van der Waals surface area contributed by atoms with Crippen molar-refractivity contribution in [3.05, 3.63) is 35.9 Å². The van der Waals surface area contributed by atoms with Gasteiger partial charge in [-0.1, -0.05) is 30.3 Å². The molecule has 19 heavy (non-hydrogen) atoms. The molecule has 0 bridgehead atoms. The predicted molar refractivity (Wildman–Crippen MR) is 76.8 cm³/mol. The number of carbonyl (C=O) groups is 1. The van der Waals surface area contributed by atoms with Crippen LogP contribution in [0.1, 0.15) is 12.5 Å². The molecule has 4 nitrogen and oxygen atoms in total. The van der Waals surface area contributed by atoms with Crippen molar-refractivity contribution < 1.29 is 4.79 Å². The van der Waals surface area contributed by atoms with Gasteiger partial charge in [-0.2, -0.15) is 0 Å². The van der Waals surface area contributed by atoms with Crippen LogP contribution in [0.5, 0.6) is 0 Å². The summed E-state index contributed by atoms with van der Waals surface area (Å²) in [5.74, 6) is 0.0730. The molecule has 0 spiro atoms. The summed E-state index contributed by atoms with van der Waals surface area (Å²) < 4.78 is 0. The molecule has 0 aromatic heterocycles. The van der Waals surface area contributed by atoms with Gasteiger partial charge in [0.1, 0.15) is 0 Å². The molecular weight excluding hydrogens is 238 g/mol. The van der Waals surface area contributed by atoms with Crippen LogP contribution >= 0.6 is 0 Å². The second kappa shape index (κ2) is 6.17. The Balaban J connectivity index is 1.92. The first-order chi connectivity index (χ1) is 9.08. The van der Waals surface area contributed by atoms with Gasteiger partial charge in [0.2, 0.25) is 5.91 Å². The third-order valence-corrected chi connectivity index (χ3v) is 3.89. The Morgan fingerprint density at radius 2 is 2.05 bits per heavy atom. The standard InChI is InChI=1S/C15H23N3O/c1-12-11-18(9-8-17(12)2)15(19)14(16)10-13-6-4-3-5-7-13/h3-7,12,14H,8-11,16H2,1-2H3/t12?,14-/m1/s1. The zero-order chi connectivity index (χ0) is 13.8. The molecule has 2 atom stereocenters. The quantitative estimate of drug-likeness (QED) is 0.872. The van der Waals surface area contributed by atoms with E-state index < -0.39 is 6.04 Å². The van der Waals surface area contributed by atoms with Crippen molar-refractivity contribution in [1.29, 1.82) is 0 Å². The molecule has 1 unspecified atom stereocenters. The molecule has 1 amide bonds. The summed E-state index contributed by atoms with van der Waals surface area (Å²) in [6, 6.07) is 9.92. The summed E-state index contributed by atoms with van der Waals surface area (Å²) in [4.78, 5) is 16.5. The van der Waals surface area contributed by atoms with Crippen molar-refractivity contribution in [3.63, 3.8) is 0 Å². The summed E-state index contributed by atoms with van der Waals surface area (Å²) in [6.45, 7) is 4.62. The molecule has 2 rings (SSSR count). The van der Waals surface area contributed by atoms with E-state index in [9.17, 15) is 4.79 Å². The number of hydrogen-bond donors (Lipinski definition) is 1. The number of likely N-dealkylation sites (N-methyl/N-ethyl adjacent to an activating group) is 1. The smallest absolute Gasteiger partial charge is 0.239 e. The minimum absolute atomic E-state index is 0.0730. The van der Waals surface area contributed by atoms with Crippen LogP contribution in [-0.4, -0.2) is 54.5 Å². The molecular formula is C15H23N3O. The Morgan fingerprint density at radius 3 is 2.68 bits per heavy atom. The van der Waals surface area contributed by atoms with Gasteiger partial charge in [0.15, 0.2) is 0 Å². The molecule has 2 N–H and O–H groups in total. The fourth-order valence-electron chi connectivity index (χ4n) is 2.44. The monoisotopic (exact) mass is 261 g/mol. The summed E-state index contributed by atoms with van der Waals surface area (Å²) >= 11 is 0. The molecule has 0 saturated carbocycles. The van der Waals surface area contributed by atoms with Crippen molar-refractivity contribution in [2.75, 3.05) is 26.7 Å². The van der Waals surface area contributed by atoms with Gasteiger partial charge in [-0.05, 0) is 26.0 Å². The third-order valence-electron chi connectivity index (χ3n) is 3.89. The Kier molecular flexibility index (Phi) is 4.56. The molecule has 1 aliphatic heterocycles. The molecule has 1 fully saturated rings.